The summed E-state index contributed by atoms with van der Waals surface area (Å²) in [4.78, 5) is 26.8. The fraction of sp³-hybridized carbons (Fsp3) is 0.421. The van der Waals surface area contributed by atoms with E-state index in [1.807, 2.05) is 24.3 Å². The first-order valence-corrected chi connectivity index (χ1v) is 10.1. The second kappa shape index (κ2) is 8.94. The van der Waals surface area contributed by atoms with E-state index >= 15 is 0 Å². The van der Waals surface area contributed by atoms with Gasteiger partial charge in [-0.25, -0.2) is 0 Å². The Labute approximate surface area is 162 Å². The maximum atomic E-state index is 12.4. The van der Waals surface area contributed by atoms with Crippen LogP contribution in [-0.2, 0) is 9.59 Å². The summed E-state index contributed by atoms with van der Waals surface area (Å²) in [6.07, 6.45) is 2.35. The standard InChI is InChI=1S/C19H24N4O3S/c1-13-11-17(22-26-13)21-19(25)14(2)27-12-18(24)20-15-7-3-4-8-16(15)23-9-5-6-10-23/h3-4,7-8,11,14H,5-6,9-10,12H2,1-2H3,(H,20,24)(H,21,22,25)/t14-/m0/s1. The number of benzene rings is 1. The van der Waals surface area contributed by atoms with Crippen molar-refractivity contribution in [3.8, 4) is 0 Å². The van der Waals surface area contributed by atoms with Gasteiger partial charge >= 0.3 is 0 Å². The van der Waals surface area contributed by atoms with Crippen molar-refractivity contribution < 1.29 is 14.1 Å². The van der Waals surface area contributed by atoms with Crippen molar-refractivity contribution in [2.75, 3.05) is 34.4 Å². The van der Waals surface area contributed by atoms with Gasteiger partial charge in [0.2, 0.25) is 11.8 Å². The lowest BCUT2D eigenvalue weighted by Crippen LogP contribution is -2.25. The highest BCUT2D eigenvalue weighted by atomic mass is 32.2. The van der Waals surface area contributed by atoms with E-state index in [4.69, 9.17) is 4.52 Å². The van der Waals surface area contributed by atoms with Crippen LogP contribution in [0.5, 0.6) is 0 Å². The van der Waals surface area contributed by atoms with Crippen LogP contribution in [0.25, 0.3) is 0 Å². The molecule has 1 aliphatic heterocycles. The van der Waals surface area contributed by atoms with Gasteiger partial charge in [-0.05, 0) is 38.8 Å². The summed E-state index contributed by atoms with van der Waals surface area (Å²) in [5, 5.41) is 9.00. The molecule has 1 aromatic carbocycles. The average molecular weight is 388 g/mol. The number of rotatable bonds is 7. The van der Waals surface area contributed by atoms with Crippen LogP contribution in [0, 0.1) is 6.92 Å². The van der Waals surface area contributed by atoms with Crippen LogP contribution in [0.3, 0.4) is 0 Å². The minimum Gasteiger partial charge on any atom is -0.370 e. The first-order chi connectivity index (χ1) is 13.0. The third kappa shape index (κ3) is 5.26. The molecule has 1 fully saturated rings. The van der Waals surface area contributed by atoms with E-state index in [1.165, 1.54) is 24.6 Å². The molecule has 8 heteroatoms. The number of aromatic nitrogens is 1. The predicted octanol–water partition coefficient (Wildman–Crippen LogP) is 3.28. The summed E-state index contributed by atoms with van der Waals surface area (Å²) < 4.78 is 4.92. The van der Waals surface area contributed by atoms with Gasteiger partial charge in [0.1, 0.15) is 5.76 Å². The zero-order chi connectivity index (χ0) is 19.2. The maximum Gasteiger partial charge on any atom is 0.238 e. The molecule has 27 heavy (non-hydrogen) atoms. The number of carbonyl (C=O) groups is 2. The van der Waals surface area contributed by atoms with Crippen LogP contribution in [0.4, 0.5) is 17.2 Å². The van der Waals surface area contributed by atoms with Crippen LogP contribution in [0.15, 0.2) is 34.9 Å². The molecule has 1 atom stereocenters. The van der Waals surface area contributed by atoms with Gasteiger partial charge < -0.3 is 20.1 Å². The van der Waals surface area contributed by atoms with Crippen LogP contribution in [0.1, 0.15) is 25.5 Å². The van der Waals surface area contributed by atoms with Gasteiger partial charge in [0.25, 0.3) is 0 Å². The first-order valence-electron chi connectivity index (χ1n) is 9.02. The normalized spacial score (nSPS) is 14.8. The molecule has 1 saturated heterocycles. The molecule has 0 saturated carbocycles. The van der Waals surface area contributed by atoms with Crippen molar-refractivity contribution >= 4 is 40.8 Å². The van der Waals surface area contributed by atoms with E-state index in [2.05, 4.69) is 20.7 Å². The third-order valence-electron chi connectivity index (χ3n) is 4.34. The molecule has 0 unspecified atom stereocenters. The number of carbonyl (C=O) groups excluding carboxylic acids is 2. The fourth-order valence-corrected chi connectivity index (χ4v) is 3.61. The molecule has 144 valence electrons. The Kier molecular flexibility index (Phi) is 6.39. The summed E-state index contributed by atoms with van der Waals surface area (Å²) in [7, 11) is 0. The Morgan fingerprint density at radius 1 is 1.26 bits per heavy atom. The van der Waals surface area contributed by atoms with E-state index in [9.17, 15) is 9.59 Å². The highest BCUT2D eigenvalue weighted by molar-refractivity contribution is 8.01. The molecule has 0 spiro atoms. The number of hydrogen-bond acceptors (Lipinski definition) is 6. The molecule has 2 heterocycles. The van der Waals surface area contributed by atoms with Crippen molar-refractivity contribution in [2.45, 2.75) is 31.9 Å². The molecule has 3 rings (SSSR count). The zero-order valence-electron chi connectivity index (χ0n) is 15.5. The van der Waals surface area contributed by atoms with Crippen LogP contribution in [-0.4, -0.2) is 41.1 Å². The molecule has 0 aliphatic carbocycles. The van der Waals surface area contributed by atoms with Gasteiger partial charge in [0, 0.05) is 19.2 Å². The molecule has 2 amide bonds. The molecular weight excluding hydrogens is 364 g/mol. The lowest BCUT2D eigenvalue weighted by atomic mass is 10.2. The molecule has 0 radical (unpaired) electrons. The molecule has 2 N–H and O–H groups in total. The number of thioether (sulfide) groups is 1. The number of amides is 2. The summed E-state index contributed by atoms with van der Waals surface area (Å²) in [6, 6.07) is 9.50. The number of anilines is 3. The minimum atomic E-state index is -0.387. The van der Waals surface area contributed by atoms with Crippen molar-refractivity contribution in [1.29, 1.82) is 0 Å². The van der Waals surface area contributed by atoms with Gasteiger partial charge in [-0.3, -0.25) is 9.59 Å². The molecular formula is C19H24N4O3S. The summed E-state index contributed by atoms with van der Waals surface area (Å²) in [5.41, 5.74) is 1.88. The summed E-state index contributed by atoms with van der Waals surface area (Å²) >= 11 is 1.28. The molecule has 0 bridgehead atoms. The van der Waals surface area contributed by atoms with Crippen molar-refractivity contribution in [2.24, 2.45) is 0 Å². The Hall–Kier alpha value is -2.48. The molecule has 1 aliphatic rings. The quantitative estimate of drug-likeness (QED) is 0.757. The van der Waals surface area contributed by atoms with Crippen molar-refractivity contribution in [3.05, 3.63) is 36.1 Å². The van der Waals surface area contributed by atoms with E-state index in [-0.39, 0.29) is 22.8 Å². The number of hydrogen-bond donors (Lipinski definition) is 2. The van der Waals surface area contributed by atoms with Crippen molar-refractivity contribution in [3.63, 3.8) is 0 Å². The molecule has 7 nitrogen and oxygen atoms in total. The highest BCUT2D eigenvalue weighted by Crippen LogP contribution is 2.28. The SMILES string of the molecule is Cc1cc(NC(=O)[C@H](C)SCC(=O)Nc2ccccc2N2CCCC2)no1. The smallest absolute Gasteiger partial charge is 0.238 e. The number of aryl methyl sites for hydroxylation is 1. The number of nitrogens with zero attached hydrogens (tertiary/aromatic N) is 2. The van der Waals surface area contributed by atoms with Crippen LogP contribution < -0.4 is 15.5 Å². The summed E-state index contributed by atoms with van der Waals surface area (Å²) in [5.74, 6) is 0.874. The monoisotopic (exact) mass is 388 g/mol. The molecule has 2 aromatic rings. The van der Waals surface area contributed by atoms with E-state index < -0.39 is 0 Å². The van der Waals surface area contributed by atoms with E-state index in [0.717, 1.165) is 24.5 Å². The average Bonchev–Trinajstić information content (AvgIpc) is 3.32. The largest absolute Gasteiger partial charge is 0.370 e. The Bertz CT molecular complexity index is 802. The predicted molar refractivity (Wildman–Crippen MR) is 108 cm³/mol. The van der Waals surface area contributed by atoms with Gasteiger partial charge in [0.05, 0.1) is 22.4 Å². The van der Waals surface area contributed by atoms with Crippen LogP contribution in [0.2, 0.25) is 0 Å². The highest BCUT2D eigenvalue weighted by Gasteiger charge is 2.19. The van der Waals surface area contributed by atoms with Gasteiger partial charge in [-0.2, -0.15) is 0 Å². The van der Waals surface area contributed by atoms with E-state index in [0.29, 0.717) is 11.6 Å². The number of nitrogens with one attached hydrogen (secondary N) is 2. The molecule has 1 aromatic heterocycles. The van der Waals surface area contributed by atoms with E-state index in [1.54, 1.807) is 19.9 Å². The lowest BCUT2D eigenvalue weighted by molar-refractivity contribution is -0.115. The number of para-hydroxylation sites is 2. The topological polar surface area (TPSA) is 87.5 Å². The Balaban J connectivity index is 1.50. The Morgan fingerprint density at radius 2 is 2.00 bits per heavy atom. The zero-order valence-corrected chi connectivity index (χ0v) is 16.3. The second-order valence-electron chi connectivity index (χ2n) is 6.52. The fourth-order valence-electron chi connectivity index (χ4n) is 2.93. The maximum absolute atomic E-state index is 12.4. The second-order valence-corrected chi connectivity index (χ2v) is 7.85. The van der Waals surface area contributed by atoms with Crippen molar-refractivity contribution in [1.82, 2.24) is 5.16 Å². The van der Waals surface area contributed by atoms with Crippen LogP contribution >= 0.6 is 11.8 Å². The summed E-state index contributed by atoms with van der Waals surface area (Å²) in [6.45, 7) is 5.55. The third-order valence-corrected chi connectivity index (χ3v) is 5.48. The minimum absolute atomic E-state index is 0.122. The first kappa shape index (κ1) is 19.3. The van der Waals surface area contributed by atoms with Gasteiger partial charge in [-0.1, -0.05) is 17.3 Å². The van der Waals surface area contributed by atoms with Gasteiger partial charge in [0.15, 0.2) is 5.82 Å². The van der Waals surface area contributed by atoms with Gasteiger partial charge in [-0.15, -0.1) is 11.8 Å². The Morgan fingerprint density at radius 3 is 2.70 bits per heavy atom. The lowest BCUT2D eigenvalue weighted by Gasteiger charge is -2.21.